The number of carbonyl (C=O) groups excluding carboxylic acids is 2. The van der Waals surface area contributed by atoms with E-state index in [1.165, 1.54) is 17.8 Å². The highest BCUT2D eigenvalue weighted by Crippen LogP contribution is 2.17. The van der Waals surface area contributed by atoms with Gasteiger partial charge >= 0.3 is 0 Å². The highest BCUT2D eigenvalue weighted by molar-refractivity contribution is 7.12. The molecule has 16 heavy (non-hydrogen) atoms. The Labute approximate surface area is 98.0 Å². The lowest BCUT2D eigenvalue weighted by Gasteiger charge is -2.26. The van der Waals surface area contributed by atoms with Crippen LogP contribution in [0.25, 0.3) is 0 Å². The summed E-state index contributed by atoms with van der Waals surface area (Å²) in [6, 6.07) is 3.88. The molecule has 0 radical (unpaired) electrons. The molecule has 5 heteroatoms. The molecule has 0 aromatic carbocycles. The van der Waals surface area contributed by atoms with Crippen molar-refractivity contribution in [1.82, 2.24) is 10.6 Å². The molecular formula is C11H14N2O2S. The van der Waals surface area contributed by atoms with Crippen LogP contribution in [0.5, 0.6) is 0 Å². The molecule has 0 spiro atoms. The zero-order valence-electron chi connectivity index (χ0n) is 8.86. The van der Waals surface area contributed by atoms with Crippen LogP contribution in [0.3, 0.4) is 0 Å². The Bertz CT molecular complexity index is 371. The molecule has 1 aliphatic rings. The van der Waals surface area contributed by atoms with Crippen LogP contribution in [-0.4, -0.2) is 24.4 Å². The molecule has 1 saturated carbocycles. The van der Waals surface area contributed by atoms with E-state index in [-0.39, 0.29) is 18.4 Å². The van der Waals surface area contributed by atoms with E-state index in [2.05, 4.69) is 10.6 Å². The van der Waals surface area contributed by atoms with E-state index in [9.17, 15) is 9.59 Å². The fourth-order valence-corrected chi connectivity index (χ4v) is 2.13. The van der Waals surface area contributed by atoms with Gasteiger partial charge in [-0.15, -0.1) is 11.3 Å². The zero-order chi connectivity index (χ0) is 11.4. The van der Waals surface area contributed by atoms with Gasteiger partial charge in [-0.2, -0.15) is 0 Å². The summed E-state index contributed by atoms with van der Waals surface area (Å²) in [6.45, 7) is 0.0627. The van der Waals surface area contributed by atoms with Gasteiger partial charge in [0.15, 0.2) is 0 Å². The average Bonchev–Trinajstić information content (AvgIpc) is 2.73. The summed E-state index contributed by atoms with van der Waals surface area (Å²) in [5.74, 6) is -0.284. The predicted molar refractivity (Wildman–Crippen MR) is 62.4 cm³/mol. The fourth-order valence-electron chi connectivity index (χ4n) is 1.49. The first kappa shape index (κ1) is 11.1. The Morgan fingerprint density at radius 1 is 1.44 bits per heavy atom. The number of thiophene rings is 1. The average molecular weight is 238 g/mol. The van der Waals surface area contributed by atoms with Gasteiger partial charge in [-0.25, -0.2) is 0 Å². The first-order chi connectivity index (χ1) is 7.75. The number of nitrogens with one attached hydrogen (secondary N) is 2. The van der Waals surface area contributed by atoms with Gasteiger partial charge in [-0.1, -0.05) is 6.07 Å². The van der Waals surface area contributed by atoms with Crippen molar-refractivity contribution in [2.45, 2.75) is 25.3 Å². The van der Waals surface area contributed by atoms with Gasteiger partial charge in [-0.3, -0.25) is 9.59 Å². The quantitative estimate of drug-likeness (QED) is 0.826. The fraction of sp³-hybridized carbons (Fsp3) is 0.455. The maximum atomic E-state index is 11.5. The molecule has 2 N–H and O–H groups in total. The second-order valence-corrected chi connectivity index (χ2v) is 4.80. The van der Waals surface area contributed by atoms with E-state index in [1.807, 2.05) is 11.4 Å². The smallest absolute Gasteiger partial charge is 0.261 e. The van der Waals surface area contributed by atoms with Crippen molar-refractivity contribution in [1.29, 1.82) is 0 Å². The topological polar surface area (TPSA) is 58.2 Å². The zero-order valence-corrected chi connectivity index (χ0v) is 9.68. The van der Waals surface area contributed by atoms with Crippen molar-refractivity contribution in [2.75, 3.05) is 6.54 Å². The van der Waals surface area contributed by atoms with Crippen molar-refractivity contribution >= 4 is 23.2 Å². The number of carbonyl (C=O) groups is 2. The van der Waals surface area contributed by atoms with E-state index in [0.717, 1.165) is 12.8 Å². The van der Waals surface area contributed by atoms with Crippen molar-refractivity contribution in [3.05, 3.63) is 22.4 Å². The molecule has 1 aliphatic carbocycles. The van der Waals surface area contributed by atoms with E-state index in [0.29, 0.717) is 10.9 Å². The van der Waals surface area contributed by atoms with E-state index < -0.39 is 0 Å². The van der Waals surface area contributed by atoms with Crippen LogP contribution in [0.15, 0.2) is 17.5 Å². The summed E-state index contributed by atoms with van der Waals surface area (Å²) in [6.07, 6.45) is 3.31. The number of amides is 2. The maximum absolute atomic E-state index is 11.5. The van der Waals surface area contributed by atoms with E-state index in [4.69, 9.17) is 0 Å². The summed E-state index contributed by atoms with van der Waals surface area (Å²) in [4.78, 5) is 23.5. The molecule has 1 aromatic heterocycles. The summed E-state index contributed by atoms with van der Waals surface area (Å²) in [7, 11) is 0. The van der Waals surface area contributed by atoms with Gasteiger partial charge in [-0.05, 0) is 30.7 Å². The van der Waals surface area contributed by atoms with Crippen LogP contribution in [0.4, 0.5) is 0 Å². The van der Waals surface area contributed by atoms with Crippen LogP contribution in [0, 0.1) is 0 Å². The predicted octanol–water partition coefficient (Wildman–Crippen LogP) is 1.15. The molecule has 0 unspecified atom stereocenters. The summed E-state index contributed by atoms with van der Waals surface area (Å²) >= 11 is 1.37. The van der Waals surface area contributed by atoms with Crippen LogP contribution in [0.1, 0.15) is 28.9 Å². The van der Waals surface area contributed by atoms with Gasteiger partial charge in [0, 0.05) is 6.04 Å². The van der Waals surface area contributed by atoms with Crippen LogP contribution < -0.4 is 10.6 Å². The molecule has 1 heterocycles. The molecule has 2 amide bonds. The minimum atomic E-state index is -0.182. The first-order valence-electron chi connectivity index (χ1n) is 5.37. The van der Waals surface area contributed by atoms with E-state index in [1.54, 1.807) is 6.07 Å². The monoisotopic (exact) mass is 238 g/mol. The molecule has 86 valence electrons. The highest BCUT2D eigenvalue weighted by atomic mass is 32.1. The van der Waals surface area contributed by atoms with Gasteiger partial charge in [0.05, 0.1) is 11.4 Å². The number of rotatable bonds is 4. The van der Waals surface area contributed by atoms with Crippen LogP contribution >= 0.6 is 11.3 Å². The van der Waals surface area contributed by atoms with Crippen molar-refractivity contribution in [3.8, 4) is 0 Å². The van der Waals surface area contributed by atoms with E-state index >= 15 is 0 Å². The standard InChI is InChI=1S/C11H14N2O2S/c14-10(13-8-3-1-4-8)7-12-11(15)9-5-2-6-16-9/h2,5-6,8H,1,3-4,7H2,(H,12,15)(H,13,14). The van der Waals surface area contributed by atoms with Crippen LogP contribution in [-0.2, 0) is 4.79 Å². The first-order valence-corrected chi connectivity index (χ1v) is 6.25. The largest absolute Gasteiger partial charge is 0.352 e. The Balaban J connectivity index is 1.70. The summed E-state index contributed by atoms with van der Waals surface area (Å²) < 4.78 is 0. The highest BCUT2D eigenvalue weighted by Gasteiger charge is 2.19. The SMILES string of the molecule is O=C(CNC(=O)c1cccs1)NC1CCC1. The van der Waals surface area contributed by atoms with Gasteiger partial charge in [0.1, 0.15) is 0 Å². The number of hydrogen-bond donors (Lipinski definition) is 2. The molecule has 2 rings (SSSR count). The minimum Gasteiger partial charge on any atom is -0.352 e. The Morgan fingerprint density at radius 2 is 2.25 bits per heavy atom. The maximum Gasteiger partial charge on any atom is 0.261 e. The Morgan fingerprint density at radius 3 is 2.81 bits per heavy atom. The molecule has 0 atom stereocenters. The lowest BCUT2D eigenvalue weighted by molar-refractivity contribution is -0.121. The molecule has 1 aromatic rings. The van der Waals surface area contributed by atoms with Crippen molar-refractivity contribution < 1.29 is 9.59 Å². The third kappa shape index (κ3) is 2.82. The Hall–Kier alpha value is -1.36. The second-order valence-electron chi connectivity index (χ2n) is 3.86. The number of hydrogen-bond acceptors (Lipinski definition) is 3. The molecule has 1 fully saturated rings. The lowest BCUT2D eigenvalue weighted by atomic mass is 9.93. The third-order valence-corrected chi connectivity index (χ3v) is 3.49. The second kappa shape index (κ2) is 5.12. The molecule has 0 aliphatic heterocycles. The van der Waals surface area contributed by atoms with Gasteiger partial charge in [0.2, 0.25) is 5.91 Å². The van der Waals surface area contributed by atoms with Gasteiger partial charge in [0.25, 0.3) is 5.91 Å². The lowest BCUT2D eigenvalue weighted by Crippen LogP contribution is -2.44. The van der Waals surface area contributed by atoms with Gasteiger partial charge < -0.3 is 10.6 Å². The minimum absolute atomic E-state index is 0.0627. The van der Waals surface area contributed by atoms with Crippen molar-refractivity contribution in [2.24, 2.45) is 0 Å². The molecule has 4 nitrogen and oxygen atoms in total. The summed E-state index contributed by atoms with van der Waals surface area (Å²) in [5, 5.41) is 7.30. The summed E-state index contributed by atoms with van der Waals surface area (Å²) in [5.41, 5.74) is 0. The van der Waals surface area contributed by atoms with Crippen molar-refractivity contribution in [3.63, 3.8) is 0 Å². The molecular weight excluding hydrogens is 224 g/mol. The molecule has 0 saturated heterocycles. The normalized spacial score (nSPS) is 15.2. The third-order valence-electron chi connectivity index (χ3n) is 2.62. The molecule has 0 bridgehead atoms. The van der Waals surface area contributed by atoms with Crippen LogP contribution in [0.2, 0.25) is 0 Å². The Kier molecular flexibility index (Phi) is 3.56.